The molecule has 1 rings (SSSR count). The zero-order chi connectivity index (χ0) is 13.5. The Kier molecular flexibility index (Phi) is 5.71. The van der Waals surface area contributed by atoms with Crippen molar-refractivity contribution < 1.29 is 14.3 Å². The van der Waals surface area contributed by atoms with Gasteiger partial charge in [-0.2, -0.15) is 0 Å². The smallest absolute Gasteiger partial charge is 0.229 e. The lowest BCUT2D eigenvalue weighted by Gasteiger charge is -2.08. The summed E-state index contributed by atoms with van der Waals surface area (Å²) in [6.07, 6.45) is 0. The summed E-state index contributed by atoms with van der Waals surface area (Å²) < 4.78 is 5.19. The maximum atomic E-state index is 12.0. The molecule has 0 heterocycles. The number of aryl methyl sites for hydroxylation is 1. The lowest BCUT2D eigenvalue weighted by molar-refractivity contribution is -0.118. The molecule has 0 saturated heterocycles. The van der Waals surface area contributed by atoms with Crippen LogP contribution in [-0.4, -0.2) is 37.4 Å². The van der Waals surface area contributed by atoms with Crippen LogP contribution in [-0.2, 0) is 4.79 Å². The minimum absolute atomic E-state index is 0.0271. The Hall–Kier alpha value is -1.49. The summed E-state index contributed by atoms with van der Waals surface area (Å²) in [5.74, 6) is 1.04. The normalized spacial score (nSPS) is 9.94. The first kappa shape index (κ1) is 14.6. The van der Waals surface area contributed by atoms with Crippen LogP contribution in [0.1, 0.15) is 15.9 Å². The van der Waals surface area contributed by atoms with Crippen LogP contribution in [0.5, 0.6) is 5.75 Å². The van der Waals surface area contributed by atoms with E-state index in [1.165, 1.54) is 11.8 Å². The zero-order valence-corrected chi connectivity index (χ0v) is 11.6. The fraction of sp³-hybridized carbons (Fsp3) is 0.385. The van der Waals surface area contributed by atoms with Gasteiger partial charge in [0.2, 0.25) is 5.91 Å². The predicted molar refractivity (Wildman–Crippen MR) is 73.5 cm³/mol. The molecular formula is C13H17NO3S. The largest absolute Gasteiger partial charge is 0.496 e. The van der Waals surface area contributed by atoms with Crippen LogP contribution in [0.3, 0.4) is 0 Å². The standard InChI is InChI=1S/C13H17NO3S/c1-9-4-5-10(12(6-9)17-3)11(15)7-18-8-13(16)14-2/h4-6H,7-8H2,1-3H3,(H,14,16). The molecule has 0 aliphatic carbocycles. The number of ketones is 1. The molecule has 0 saturated carbocycles. The first-order chi connectivity index (χ1) is 8.58. The van der Waals surface area contributed by atoms with E-state index < -0.39 is 0 Å². The van der Waals surface area contributed by atoms with Gasteiger partial charge in [0.15, 0.2) is 5.78 Å². The SMILES string of the molecule is CNC(=O)CSCC(=O)c1ccc(C)cc1OC. The lowest BCUT2D eigenvalue weighted by atomic mass is 10.1. The second kappa shape index (κ2) is 7.06. The summed E-state index contributed by atoms with van der Waals surface area (Å²) in [5.41, 5.74) is 1.61. The zero-order valence-electron chi connectivity index (χ0n) is 10.8. The van der Waals surface area contributed by atoms with Crippen LogP contribution >= 0.6 is 11.8 Å². The molecule has 0 bridgehead atoms. The summed E-state index contributed by atoms with van der Waals surface area (Å²) >= 11 is 1.30. The number of carbonyl (C=O) groups is 2. The number of nitrogens with one attached hydrogen (secondary N) is 1. The van der Waals surface area contributed by atoms with Crippen LogP contribution < -0.4 is 10.1 Å². The van der Waals surface area contributed by atoms with Gasteiger partial charge in [-0.3, -0.25) is 9.59 Å². The maximum absolute atomic E-state index is 12.0. The van der Waals surface area contributed by atoms with Gasteiger partial charge in [-0.15, -0.1) is 11.8 Å². The van der Waals surface area contributed by atoms with Crippen LogP contribution in [0.2, 0.25) is 0 Å². The van der Waals surface area contributed by atoms with Gasteiger partial charge in [0, 0.05) is 7.05 Å². The monoisotopic (exact) mass is 267 g/mol. The third kappa shape index (κ3) is 4.07. The van der Waals surface area contributed by atoms with Crippen molar-refractivity contribution in [3.05, 3.63) is 29.3 Å². The van der Waals surface area contributed by atoms with Crippen molar-refractivity contribution in [1.82, 2.24) is 5.32 Å². The number of hydrogen-bond donors (Lipinski definition) is 1. The molecule has 4 nitrogen and oxygen atoms in total. The molecule has 0 atom stereocenters. The molecule has 1 amide bonds. The van der Waals surface area contributed by atoms with Crippen molar-refractivity contribution in [1.29, 1.82) is 0 Å². The van der Waals surface area contributed by atoms with Crippen molar-refractivity contribution >= 4 is 23.5 Å². The predicted octanol–water partition coefficient (Wildman–Crippen LogP) is 1.67. The van der Waals surface area contributed by atoms with Crippen LogP contribution in [0.25, 0.3) is 0 Å². The summed E-state index contributed by atoms with van der Waals surface area (Å²) in [7, 11) is 3.12. The maximum Gasteiger partial charge on any atom is 0.229 e. The molecule has 0 radical (unpaired) electrons. The van der Waals surface area contributed by atoms with Gasteiger partial charge in [0.05, 0.1) is 24.2 Å². The Morgan fingerprint density at radius 2 is 2.06 bits per heavy atom. The molecule has 0 aliphatic heterocycles. The topological polar surface area (TPSA) is 55.4 Å². The third-order valence-electron chi connectivity index (χ3n) is 2.40. The minimum atomic E-state index is -0.0799. The Morgan fingerprint density at radius 1 is 1.33 bits per heavy atom. The van der Waals surface area contributed by atoms with E-state index in [0.717, 1.165) is 5.56 Å². The molecule has 0 aliphatic rings. The number of benzene rings is 1. The van der Waals surface area contributed by atoms with E-state index in [-0.39, 0.29) is 23.2 Å². The molecule has 0 fully saturated rings. The van der Waals surface area contributed by atoms with E-state index in [0.29, 0.717) is 11.3 Å². The second-order valence-electron chi connectivity index (χ2n) is 3.79. The number of methoxy groups -OCH3 is 1. The molecule has 0 aromatic heterocycles. The first-order valence-electron chi connectivity index (χ1n) is 5.54. The van der Waals surface area contributed by atoms with Crippen molar-refractivity contribution in [3.8, 4) is 5.75 Å². The Balaban J connectivity index is 2.64. The number of carbonyl (C=O) groups excluding carboxylic acids is 2. The van der Waals surface area contributed by atoms with Gasteiger partial charge >= 0.3 is 0 Å². The van der Waals surface area contributed by atoms with Crippen molar-refractivity contribution in [3.63, 3.8) is 0 Å². The van der Waals surface area contributed by atoms with E-state index in [4.69, 9.17) is 4.74 Å². The molecule has 1 aromatic carbocycles. The van der Waals surface area contributed by atoms with Gasteiger partial charge in [-0.1, -0.05) is 6.07 Å². The number of amides is 1. The van der Waals surface area contributed by atoms with Gasteiger partial charge in [0.1, 0.15) is 5.75 Å². The van der Waals surface area contributed by atoms with Crippen molar-refractivity contribution in [2.45, 2.75) is 6.92 Å². The van der Waals surface area contributed by atoms with Gasteiger partial charge in [0.25, 0.3) is 0 Å². The van der Waals surface area contributed by atoms with E-state index in [1.807, 2.05) is 19.1 Å². The highest BCUT2D eigenvalue weighted by Gasteiger charge is 2.12. The van der Waals surface area contributed by atoms with E-state index in [2.05, 4.69) is 5.32 Å². The Morgan fingerprint density at radius 3 is 2.67 bits per heavy atom. The lowest BCUT2D eigenvalue weighted by Crippen LogP contribution is -2.20. The molecular weight excluding hydrogens is 250 g/mol. The van der Waals surface area contributed by atoms with E-state index in [1.54, 1.807) is 20.2 Å². The highest BCUT2D eigenvalue weighted by molar-refractivity contribution is 8.00. The molecule has 0 spiro atoms. The average Bonchev–Trinajstić information content (AvgIpc) is 2.37. The quantitative estimate of drug-likeness (QED) is 0.797. The highest BCUT2D eigenvalue weighted by Crippen LogP contribution is 2.21. The molecule has 98 valence electrons. The van der Waals surface area contributed by atoms with Crippen molar-refractivity contribution in [2.24, 2.45) is 0 Å². The summed E-state index contributed by atoms with van der Waals surface area (Å²) in [6.45, 7) is 1.94. The van der Waals surface area contributed by atoms with E-state index >= 15 is 0 Å². The second-order valence-corrected chi connectivity index (χ2v) is 4.78. The van der Waals surface area contributed by atoms with Crippen LogP contribution in [0.15, 0.2) is 18.2 Å². The molecule has 1 N–H and O–H groups in total. The third-order valence-corrected chi connectivity index (χ3v) is 3.34. The summed E-state index contributed by atoms with van der Waals surface area (Å²) in [6, 6.07) is 5.47. The van der Waals surface area contributed by atoms with Gasteiger partial charge in [-0.25, -0.2) is 0 Å². The summed E-state index contributed by atoms with van der Waals surface area (Å²) in [5, 5.41) is 2.51. The average molecular weight is 267 g/mol. The number of hydrogen-bond acceptors (Lipinski definition) is 4. The Labute approximate surface area is 111 Å². The number of thioether (sulfide) groups is 1. The number of rotatable bonds is 6. The van der Waals surface area contributed by atoms with Gasteiger partial charge in [-0.05, 0) is 24.6 Å². The van der Waals surface area contributed by atoms with Crippen LogP contribution in [0, 0.1) is 6.92 Å². The highest BCUT2D eigenvalue weighted by atomic mass is 32.2. The fourth-order valence-corrected chi connectivity index (χ4v) is 2.19. The first-order valence-corrected chi connectivity index (χ1v) is 6.70. The molecule has 5 heteroatoms. The minimum Gasteiger partial charge on any atom is -0.496 e. The molecule has 18 heavy (non-hydrogen) atoms. The molecule has 1 aromatic rings. The fourth-order valence-electron chi connectivity index (χ4n) is 1.42. The van der Waals surface area contributed by atoms with Crippen molar-refractivity contribution in [2.75, 3.05) is 25.7 Å². The summed E-state index contributed by atoms with van der Waals surface area (Å²) in [4.78, 5) is 23.0. The molecule has 0 unspecified atom stereocenters. The van der Waals surface area contributed by atoms with Gasteiger partial charge < -0.3 is 10.1 Å². The number of Topliss-reactive ketones (excluding diaryl/α,β-unsaturated/α-hetero) is 1. The van der Waals surface area contributed by atoms with Crippen LogP contribution in [0.4, 0.5) is 0 Å². The number of ether oxygens (including phenoxy) is 1. The Bertz CT molecular complexity index is 446. The van der Waals surface area contributed by atoms with E-state index in [9.17, 15) is 9.59 Å².